The van der Waals surface area contributed by atoms with E-state index in [0.29, 0.717) is 6.54 Å². The highest BCUT2D eigenvalue weighted by Crippen LogP contribution is 2.04. The number of H-pyrrole nitrogens is 1. The van der Waals surface area contributed by atoms with E-state index in [1.54, 1.807) is 19.4 Å². The molecule has 15 heavy (non-hydrogen) atoms. The lowest BCUT2D eigenvalue weighted by Crippen LogP contribution is -2.26. The van der Waals surface area contributed by atoms with Crippen LogP contribution in [0.1, 0.15) is 16.4 Å². The van der Waals surface area contributed by atoms with Gasteiger partial charge < -0.3 is 14.4 Å². The lowest BCUT2D eigenvalue weighted by Gasteiger charge is -2.13. The highest BCUT2D eigenvalue weighted by atomic mass is 16.5. The molecule has 0 atom stereocenters. The zero-order chi connectivity index (χ0) is 10.7. The Balaban J connectivity index is 2.03. The van der Waals surface area contributed by atoms with Gasteiger partial charge in [-0.3, -0.25) is 4.79 Å². The predicted molar refractivity (Wildman–Crippen MR) is 50.9 cm³/mol. The maximum absolute atomic E-state index is 11.7. The molecule has 0 saturated heterocycles. The molecule has 2 aromatic rings. The molecule has 1 amide bonds. The molecule has 1 N–H and O–H groups in total. The van der Waals surface area contributed by atoms with Gasteiger partial charge in [-0.05, 0) is 0 Å². The molecule has 0 aliphatic carbocycles. The van der Waals surface area contributed by atoms with Crippen molar-refractivity contribution in [1.29, 1.82) is 0 Å². The number of hydrogen-bond acceptors (Lipinski definition) is 4. The molecule has 0 saturated carbocycles. The van der Waals surface area contributed by atoms with E-state index in [0.717, 1.165) is 5.82 Å². The lowest BCUT2D eigenvalue weighted by molar-refractivity contribution is 0.0740. The molecule has 0 fully saturated rings. The molecule has 0 aromatic carbocycles. The quantitative estimate of drug-likeness (QED) is 0.800. The molecule has 0 bridgehead atoms. The van der Waals surface area contributed by atoms with Crippen molar-refractivity contribution in [3.8, 4) is 0 Å². The summed E-state index contributed by atoms with van der Waals surface area (Å²) in [5.41, 5.74) is 0. The topological polar surface area (TPSA) is 75.0 Å². The summed E-state index contributed by atoms with van der Waals surface area (Å²) in [7, 11) is 1.67. The van der Waals surface area contributed by atoms with Gasteiger partial charge in [-0.25, -0.2) is 4.98 Å². The molecule has 2 aromatic heterocycles. The van der Waals surface area contributed by atoms with Crippen molar-refractivity contribution in [3.63, 3.8) is 0 Å². The molecular weight excluding hydrogens is 196 g/mol. The Morgan fingerprint density at radius 3 is 3.07 bits per heavy atom. The maximum Gasteiger partial charge on any atom is 0.292 e. The van der Waals surface area contributed by atoms with Gasteiger partial charge in [0.05, 0.1) is 12.7 Å². The first kappa shape index (κ1) is 9.45. The number of rotatable bonds is 3. The van der Waals surface area contributed by atoms with Gasteiger partial charge in [0.25, 0.3) is 5.91 Å². The standard InChI is InChI=1S/C9H10N4O2/c1-13(6-8-10-4-5-11-8)9(14)7-2-3-12-15-7/h2-5H,6H2,1H3,(H,10,11). The lowest BCUT2D eigenvalue weighted by atomic mass is 10.4. The third-order valence-corrected chi connectivity index (χ3v) is 1.94. The molecule has 0 aliphatic rings. The SMILES string of the molecule is CN(Cc1ncc[nH]1)C(=O)c1ccno1. The fourth-order valence-corrected chi connectivity index (χ4v) is 1.20. The van der Waals surface area contributed by atoms with Crippen molar-refractivity contribution < 1.29 is 9.32 Å². The largest absolute Gasteiger partial charge is 0.351 e. The Morgan fingerprint density at radius 2 is 2.47 bits per heavy atom. The second-order valence-electron chi connectivity index (χ2n) is 3.07. The fraction of sp³-hybridized carbons (Fsp3) is 0.222. The van der Waals surface area contributed by atoms with Gasteiger partial charge in [-0.15, -0.1) is 0 Å². The normalized spacial score (nSPS) is 10.2. The third-order valence-electron chi connectivity index (χ3n) is 1.94. The summed E-state index contributed by atoms with van der Waals surface area (Å²) in [5, 5.41) is 3.48. The number of aromatic amines is 1. The number of hydrogen-bond donors (Lipinski definition) is 1. The summed E-state index contributed by atoms with van der Waals surface area (Å²) in [6, 6.07) is 1.53. The average Bonchev–Trinajstić information content (AvgIpc) is 2.88. The van der Waals surface area contributed by atoms with Crippen molar-refractivity contribution in [1.82, 2.24) is 20.0 Å². The van der Waals surface area contributed by atoms with Gasteiger partial charge in [-0.2, -0.15) is 0 Å². The first-order valence-electron chi connectivity index (χ1n) is 4.42. The van der Waals surface area contributed by atoms with Crippen LogP contribution in [0.15, 0.2) is 29.2 Å². The van der Waals surface area contributed by atoms with Crippen LogP contribution in [0.2, 0.25) is 0 Å². The van der Waals surface area contributed by atoms with E-state index in [1.165, 1.54) is 17.2 Å². The van der Waals surface area contributed by atoms with Crippen molar-refractivity contribution in [2.75, 3.05) is 7.05 Å². The minimum atomic E-state index is -0.219. The highest BCUT2D eigenvalue weighted by Gasteiger charge is 2.15. The van der Waals surface area contributed by atoms with Crippen LogP contribution < -0.4 is 0 Å². The molecule has 0 unspecified atom stereocenters. The van der Waals surface area contributed by atoms with Crippen molar-refractivity contribution >= 4 is 5.91 Å². The Labute approximate surface area is 85.9 Å². The Hall–Kier alpha value is -2.11. The van der Waals surface area contributed by atoms with Crippen molar-refractivity contribution in [3.05, 3.63) is 36.2 Å². The van der Waals surface area contributed by atoms with Crippen molar-refractivity contribution in [2.45, 2.75) is 6.54 Å². The maximum atomic E-state index is 11.7. The van der Waals surface area contributed by atoms with E-state index < -0.39 is 0 Å². The van der Waals surface area contributed by atoms with Gasteiger partial charge in [0.2, 0.25) is 5.76 Å². The number of carbonyl (C=O) groups excluding carboxylic acids is 1. The fourth-order valence-electron chi connectivity index (χ4n) is 1.20. The molecule has 6 heteroatoms. The monoisotopic (exact) mass is 206 g/mol. The Morgan fingerprint density at radius 1 is 1.60 bits per heavy atom. The molecule has 2 heterocycles. The first-order valence-corrected chi connectivity index (χ1v) is 4.42. The summed E-state index contributed by atoms with van der Waals surface area (Å²) in [6.45, 7) is 0.409. The number of amides is 1. The van der Waals surface area contributed by atoms with E-state index in [1.807, 2.05) is 0 Å². The highest BCUT2D eigenvalue weighted by molar-refractivity contribution is 5.90. The number of carbonyl (C=O) groups is 1. The van der Waals surface area contributed by atoms with E-state index in [2.05, 4.69) is 15.1 Å². The number of aromatic nitrogens is 3. The molecule has 6 nitrogen and oxygen atoms in total. The van der Waals surface area contributed by atoms with Crippen LogP contribution in [0.5, 0.6) is 0 Å². The molecule has 0 aliphatic heterocycles. The minimum absolute atomic E-state index is 0.219. The van der Waals surface area contributed by atoms with Crippen LogP contribution in [-0.4, -0.2) is 33.0 Å². The minimum Gasteiger partial charge on any atom is -0.351 e. The summed E-state index contributed by atoms with van der Waals surface area (Å²) in [6.07, 6.45) is 4.79. The van der Waals surface area contributed by atoms with Crippen LogP contribution in [0, 0.1) is 0 Å². The Bertz CT molecular complexity index is 421. The molecule has 0 spiro atoms. The molecule has 78 valence electrons. The van der Waals surface area contributed by atoms with Crippen molar-refractivity contribution in [2.24, 2.45) is 0 Å². The van der Waals surface area contributed by atoms with E-state index in [4.69, 9.17) is 4.52 Å². The second-order valence-corrected chi connectivity index (χ2v) is 3.07. The van der Waals surface area contributed by atoms with Crippen LogP contribution >= 0.6 is 0 Å². The van der Waals surface area contributed by atoms with E-state index in [9.17, 15) is 4.79 Å². The summed E-state index contributed by atoms with van der Waals surface area (Å²) < 4.78 is 4.76. The van der Waals surface area contributed by atoms with Gasteiger partial charge >= 0.3 is 0 Å². The first-order chi connectivity index (χ1) is 7.27. The van der Waals surface area contributed by atoms with Crippen LogP contribution in [0.4, 0.5) is 0 Å². The molecular formula is C9H10N4O2. The summed E-state index contributed by atoms with van der Waals surface area (Å²) in [4.78, 5) is 20.1. The second kappa shape index (κ2) is 3.95. The van der Waals surface area contributed by atoms with Crippen LogP contribution in [0.3, 0.4) is 0 Å². The van der Waals surface area contributed by atoms with Gasteiger partial charge in [-0.1, -0.05) is 5.16 Å². The Kier molecular flexibility index (Phi) is 2.49. The van der Waals surface area contributed by atoms with Crippen LogP contribution in [-0.2, 0) is 6.54 Å². The molecule has 0 radical (unpaired) electrons. The zero-order valence-electron chi connectivity index (χ0n) is 8.17. The summed E-state index contributed by atoms with van der Waals surface area (Å²) >= 11 is 0. The van der Waals surface area contributed by atoms with Gasteiger partial charge in [0.15, 0.2) is 0 Å². The summed E-state index contributed by atoms with van der Waals surface area (Å²) in [5.74, 6) is 0.735. The molecule has 2 rings (SSSR count). The number of imidazole rings is 1. The number of nitrogens with zero attached hydrogens (tertiary/aromatic N) is 3. The van der Waals surface area contributed by atoms with E-state index >= 15 is 0 Å². The van der Waals surface area contributed by atoms with Gasteiger partial charge in [0.1, 0.15) is 5.82 Å². The smallest absolute Gasteiger partial charge is 0.292 e. The average molecular weight is 206 g/mol. The zero-order valence-corrected chi connectivity index (χ0v) is 8.17. The number of nitrogens with one attached hydrogen (secondary N) is 1. The van der Waals surface area contributed by atoms with Crippen LogP contribution in [0.25, 0.3) is 0 Å². The van der Waals surface area contributed by atoms with E-state index in [-0.39, 0.29) is 11.7 Å². The van der Waals surface area contributed by atoms with Gasteiger partial charge in [0, 0.05) is 25.5 Å². The predicted octanol–water partition coefficient (Wildman–Crippen LogP) is 0.670. The third kappa shape index (κ3) is 2.04.